The van der Waals surface area contributed by atoms with Crippen LogP contribution >= 0.6 is 15.9 Å². The van der Waals surface area contributed by atoms with Gasteiger partial charge in [0.05, 0.1) is 13.4 Å². The molecule has 0 unspecified atom stereocenters. The molecule has 0 aliphatic rings. The van der Waals surface area contributed by atoms with Gasteiger partial charge in [0.1, 0.15) is 17.3 Å². The zero-order valence-electron chi connectivity index (χ0n) is 11.2. The van der Waals surface area contributed by atoms with E-state index in [0.29, 0.717) is 5.82 Å². The molecule has 2 aromatic rings. The van der Waals surface area contributed by atoms with Gasteiger partial charge >= 0.3 is 0 Å². The molecule has 0 aliphatic heterocycles. The molecule has 0 saturated carbocycles. The van der Waals surface area contributed by atoms with Crippen LogP contribution in [0.1, 0.15) is 19.8 Å². The normalized spacial score (nSPS) is 10.7. The highest BCUT2D eigenvalue weighted by molar-refractivity contribution is 9.10. The standard InChI is InChI=1S/C14H18BrN3O/c1-3-4-7-18-9-17-13(14(18)16)11-8-10(15)5-6-12(11)19-2/h5-6,8-9H,3-4,7,16H2,1-2H3. The Hall–Kier alpha value is -1.49. The average molecular weight is 324 g/mol. The van der Waals surface area contributed by atoms with Crippen molar-refractivity contribution in [2.45, 2.75) is 26.3 Å². The maximum Gasteiger partial charge on any atom is 0.131 e. The lowest BCUT2D eigenvalue weighted by atomic mass is 10.1. The Morgan fingerprint density at radius 2 is 2.21 bits per heavy atom. The number of nitrogens with two attached hydrogens (primary N) is 1. The topological polar surface area (TPSA) is 53.1 Å². The number of methoxy groups -OCH3 is 1. The second-order valence-corrected chi connectivity index (χ2v) is 5.29. The SMILES string of the molecule is CCCCn1cnc(-c2cc(Br)ccc2OC)c1N. The number of nitrogen functional groups attached to an aromatic ring is 1. The van der Waals surface area contributed by atoms with E-state index in [0.717, 1.165) is 40.9 Å². The summed E-state index contributed by atoms with van der Waals surface area (Å²) < 4.78 is 8.34. The third-order valence-electron chi connectivity index (χ3n) is 3.05. The maximum atomic E-state index is 6.18. The van der Waals surface area contributed by atoms with Crippen LogP contribution in [0.3, 0.4) is 0 Å². The van der Waals surface area contributed by atoms with E-state index in [1.807, 2.05) is 22.8 Å². The van der Waals surface area contributed by atoms with Crippen LogP contribution in [0.15, 0.2) is 29.0 Å². The highest BCUT2D eigenvalue weighted by atomic mass is 79.9. The maximum absolute atomic E-state index is 6.18. The molecule has 0 radical (unpaired) electrons. The fourth-order valence-corrected chi connectivity index (χ4v) is 2.33. The second-order valence-electron chi connectivity index (χ2n) is 4.37. The van der Waals surface area contributed by atoms with E-state index in [1.54, 1.807) is 13.4 Å². The number of halogens is 1. The number of benzene rings is 1. The number of anilines is 1. The van der Waals surface area contributed by atoms with Gasteiger partial charge in [-0.2, -0.15) is 0 Å². The Kier molecular flexibility index (Phi) is 4.47. The fraction of sp³-hybridized carbons (Fsp3) is 0.357. The molecule has 4 nitrogen and oxygen atoms in total. The Labute approximate surface area is 121 Å². The number of rotatable bonds is 5. The van der Waals surface area contributed by atoms with E-state index in [1.165, 1.54) is 0 Å². The predicted molar refractivity (Wildman–Crippen MR) is 81.2 cm³/mol. The molecule has 19 heavy (non-hydrogen) atoms. The molecule has 102 valence electrons. The molecule has 5 heteroatoms. The lowest BCUT2D eigenvalue weighted by Crippen LogP contribution is -2.02. The smallest absolute Gasteiger partial charge is 0.131 e. The largest absolute Gasteiger partial charge is 0.496 e. The highest BCUT2D eigenvalue weighted by Gasteiger charge is 2.14. The lowest BCUT2D eigenvalue weighted by molar-refractivity contribution is 0.416. The molecular weight excluding hydrogens is 306 g/mol. The quantitative estimate of drug-likeness (QED) is 0.912. The van der Waals surface area contributed by atoms with Crippen molar-refractivity contribution in [3.8, 4) is 17.0 Å². The lowest BCUT2D eigenvalue weighted by Gasteiger charge is -2.09. The molecule has 0 amide bonds. The average Bonchev–Trinajstić information content (AvgIpc) is 2.77. The Balaban J connectivity index is 2.41. The van der Waals surface area contributed by atoms with Crippen LogP contribution in [0.25, 0.3) is 11.3 Å². The number of nitrogens with zero attached hydrogens (tertiary/aromatic N) is 2. The van der Waals surface area contributed by atoms with Gasteiger partial charge in [-0.05, 0) is 24.6 Å². The first-order valence-electron chi connectivity index (χ1n) is 6.32. The summed E-state index contributed by atoms with van der Waals surface area (Å²) in [5, 5.41) is 0. The zero-order chi connectivity index (χ0) is 13.8. The highest BCUT2D eigenvalue weighted by Crippen LogP contribution is 2.34. The van der Waals surface area contributed by atoms with E-state index < -0.39 is 0 Å². The summed E-state index contributed by atoms with van der Waals surface area (Å²) in [7, 11) is 1.65. The van der Waals surface area contributed by atoms with Gasteiger partial charge in [0.15, 0.2) is 0 Å². The van der Waals surface area contributed by atoms with Gasteiger partial charge in [-0.1, -0.05) is 29.3 Å². The van der Waals surface area contributed by atoms with Crippen LogP contribution in [0.2, 0.25) is 0 Å². The molecule has 1 aromatic heterocycles. The van der Waals surface area contributed by atoms with Gasteiger partial charge in [-0.3, -0.25) is 0 Å². The first-order chi connectivity index (χ1) is 9.17. The Morgan fingerprint density at radius 3 is 2.89 bits per heavy atom. The molecule has 1 heterocycles. The van der Waals surface area contributed by atoms with Crippen molar-refractivity contribution >= 4 is 21.7 Å². The number of ether oxygens (including phenoxy) is 1. The van der Waals surface area contributed by atoms with Crippen molar-refractivity contribution in [3.05, 3.63) is 29.0 Å². The molecule has 1 aromatic carbocycles. The van der Waals surface area contributed by atoms with E-state index >= 15 is 0 Å². The molecule has 0 saturated heterocycles. The van der Waals surface area contributed by atoms with Crippen LogP contribution < -0.4 is 10.5 Å². The molecule has 0 bridgehead atoms. The van der Waals surface area contributed by atoms with Crippen molar-refractivity contribution in [2.75, 3.05) is 12.8 Å². The first-order valence-corrected chi connectivity index (χ1v) is 7.11. The third kappa shape index (κ3) is 2.92. The minimum atomic E-state index is 0.685. The number of hydrogen-bond acceptors (Lipinski definition) is 3. The summed E-state index contributed by atoms with van der Waals surface area (Å²) in [5.41, 5.74) is 7.86. The Morgan fingerprint density at radius 1 is 1.42 bits per heavy atom. The zero-order valence-corrected chi connectivity index (χ0v) is 12.8. The summed E-state index contributed by atoms with van der Waals surface area (Å²) >= 11 is 3.47. The Bertz CT molecular complexity index is 566. The van der Waals surface area contributed by atoms with Crippen LogP contribution in [0.4, 0.5) is 5.82 Å². The third-order valence-corrected chi connectivity index (χ3v) is 3.54. The molecule has 2 rings (SSSR count). The number of aromatic nitrogens is 2. The van der Waals surface area contributed by atoms with Gasteiger partial charge in [0.2, 0.25) is 0 Å². The van der Waals surface area contributed by atoms with Gasteiger partial charge in [-0.15, -0.1) is 0 Å². The summed E-state index contributed by atoms with van der Waals surface area (Å²) in [6, 6.07) is 5.82. The van der Waals surface area contributed by atoms with E-state index in [-0.39, 0.29) is 0 Å². The predicted octanol–water partition coefficient (Wildman–Crippen LogP) is 3.70. The van der Waals surface area contributed by atoms with Crippen LogP contribution in [-0.4, -0.2) is 16.7 Å². The van der Waals surface area contributed by atoms with E-state index in [9.17, 15) is 0 Å². The van der Waals surface area contributed by atoms with Crippen molar-refractivity contribution in [2.24, 2.45) is 0 Å². The van der Waals surface area contributed by atoms with Crippen molar-refractivity contribution in [1.82, 2.24) is 9.55 Å². The van der Waals surface area contributed by atoms with E-state index in [2.05, 4.69) is 27.8 Å². The number of hydrogen-bond donors (Lipinski definition) is 1. The van der Waals surface area contributed by atoms with Crippen molar-refractivity contribution < 1.29 is 4.74 Å². The molecule has 0 fully saturated rings. The van der Waals surface area contributed by atoms with Crippen molar-refractivity contribution in [1.29, 1.82) is 0 Å². The molecule has 0 atom stereocenters. The molecular formula is C14H18BrN3O. The van der Waals surface area contributed by atoms with Crippen molar-refractivity contribution in [3.63, 3.8) is 0 Å². The minimum Gasteiger partial charge on any atom is -0.496 e. The second kappa shape index (κ2) is 6.10. The van der Waals surface area contributed by atoms with Gasteiger partial charge in [0.25, 0.3) is 0 Å². The van der Waals surface area contributed by atoms with Gasteiger partial charge in [0, 0.05) is 16.6 Å². The molecule has 2 N–H and O–H groups in total. The van der Waals surface area contributed by atoms with Crippen LogP contribution in [-0.2, 0) is 6.54 Å². The van der Waals surface area contributed by atoms with Gasteiger partial charge < -0.3 is 15.0 Å². The first kappa shape index (κ1) is 13.9. The minimum absolute atomic E-state index is 0.685. The fourth-order valence-electron chi connectivity index (χ4n) is 1.97. The molecule has 0 spiro atoms. The molecule has 0 aliphatic carbocycles. The number of aryl methyl sites for hydroxylation is 1. The monoisotopic (exact) mass is 323 g/mol. The summed E-state index contributed by atoms with van der Waals surface area (Å²) in [4.78, 5) is 4.43. The van der Waals surface area contributed by atoms with Gasteiger partial charge in [-0.25, -0.2) is 4.98 Å². The number of unbranched alkanes of at least 4 members (excludes halogenated alkanes) is 1. The summed E-state index contributed by atoms with van der Waals surface area (Å²) in [6.07, 6.45) is 4.02. The van der Waals surface area contributed by atoms with Crippen LogP contribution in [0.5, 0.6) is 5.75 Å². The van der Waals surface area contributed by atoms with E-state index in [4.69, 9.17) is 10.5 Å². The summed E-state index contributed by atoms with van der Waals surface area (Å²) in [5.74, 6) is 1.46. The number of imidazole rings is 1. The summed E-state index contributed by atoms with van der Waals surface area (Å²) in [6.45, 7) is 3.05. The van der Waals surface area contributed by atoms with Crippen LogP contribution in [0, 0.1) is 0 Å².